The first-order valence-corrected chi connectivity index (χ1v) is 11.3. The Balaban J connectivity index is 1.54. The van der Waals surface area contributed by atoms with E-state index in [1.54, 1.807) is 0 Å². The first-order chi connectivity index (χ1) is 14.5. The molecule has 1 aliphatic rings. The molecular weight excluding hydrogens is 444 g/mol. The number of aromatic nitrogens is 1. The molecule has 160 valence electrons. The van der Waals surface area contributed by atoms with Crippen LogP contribution in [0.2, 0.25) is 0 Å². The van der Waals surface area contributed by atoms with Crippen molar-refractivity contribution in [3.8, 4) is 0 Å². The van der Waals surface area contributed by atoms with Crippen molar-refractivity contribution in [2.24, 2.45) is 0 Å². The second kappa shape index (κ2) is 11.1. The molecule has 0 bridgehead atoms. The molecule has 2 heterocycles. The van der Waals surface area contributed by atoms with Crippen LogP contribution in [0.4, 0.5) is 5.82 Å². The van der Waals surface area contributed by atoms with E-state index in [0.717, 1.165) is 34.5 Å². The van der Waals surface area contributed by atoms with E-state index in [0.29, 0.717) is 6.54 Å². The number of amides is 2. The molecule has 1 aromatic carbocycles. The Morgan fingerprint density at radius 2 is 1.77 bits per heavy atom. The van der Waals surface area contributed by atoms with Gasteiger partial charge in [-0.3, -0.25) is 9.59 Å². The van der Waals surface area contributed by atoms with E-state index in [1.807, 2.05) is 42.6 Å². The number of rotatable bonds is 7. The van der Waals surface area contributed by atoms with E-state index in [2.05, 4.69) is 36.4 Å². The highest BCUT2D eigenvalue weighted by molar-refractivity contribution is 9.10. The Hall–Kier alpha value is -2.41. The van der Waals surface area contributed by atoms with Crippen LogP contribution in [0.25, 0.3) is 0 Å². The number of carbonyl (C=O) groups is 2. The number of anilines is 1. The molecule has 7 heteroatoms. The monoisotopic (exact) mass is 472 g/mol. The maximum atomic E-state index is 12.5. The van der Waals surface area contributed by atoms with Gasteiger partial charge in [-0.2, -0.15) is 0 Å². The average molecular weight is 473 g/mol. The summed E-state index contributed by atoms with van der Waals surface area (Å²) < 4.78 is 0.952. The maximum Gasteiger partial charge on any atom is 0.222 e. The first-order valence-electron chi connectivity index (χ1n) is 10.5. The second-order valence-electron chi connectivity index (χ2n) is 7.71. The van der Waals surface area contributed by atoms with Crippen LogP contribution in [0.5, 0.6) is 0 Å². The number of benzene rings is 1. The summed E-state index contributed by atoms with van der Waals surface area (Å²) in [7, 11) is 0. The van der Waals surface area contributed by atoms with Gasteiger partial charge in [-0.1, -0.05) is 47.0 Å². The summed E-state index contributed by atoms with van der Waals surface area (Å²) in [6, 6.07) is 11.3. The van der Waals surface area contributed by atoms with Crippen molar-refractivity contribution in [2.75, 3.05) is 18.0 Å². The number of nitrogens with zero attached hydrogens (tertiary/aromatic N) is 2. The molecule has 0 saturated carbocycles. The minimum atomic E-state index is -0.362. The smallest absolute Gasteiger partial charge is 0.222 e. The molecule has 1 fully saturated rings. The number of halogens is 1. The summed E-state index contributed by atoms with van der Waals surface area (Å²) in [4.78, 5) is 31.0. The van der Waals surface area contributed by atoms with Gasteiger partial charge < -0.3 is 15.5 Å². The molecule has 30 heavy (non-hydrogen) atoms. The van der Waals surface area contributed by atoms with Crippen LogP contribution in [0.15, 0.2) is 47.1 Å². The molecule has 6 nitrogen and oxygen atoms in total. The SMILES string of the molecule is CC(=O)NC(CC(=O)NCc1ccc(N2CCCCCC2)nc1)c1ccc(Br)cc1. The second-order valence-corrected chi connectivity index (χ2v) is 8.63. The van der Waals surface area contributed by atoms with Crippen molar-refractivity contribution >= 4 is 33.6 Å². The molecule has 1 atom stereocenters. The number of pyridine rings is 1. The van der Waals surface area contributed by atoms with E-state index >= 15 is 0 Å². The van der Waals surface area contributed by atoms with Gasteiger partial charge in [0.2, 0.25) is 11.8 Å². The highest BCUT2D eigenvalue weighted by Gasteiger charge is 2.17. The molecule has 0 aliphatic carbocycles. The lowest BCUT2D eigenvalue weighted by Crippen LogP contribution is -2.32. The molecule has 1 unspecified atom stereocenters. The summed E-state index contributed by atoms with van der Waals surface area (Å²) in [6.07, 6.45) is 7.03. The van der Waals surface area contributed by atoms with Crippen molar-refractivity contribution < 1.29 is 9.59 Å². The van der Waals surface area contributed by atoms with Gasteiger partial charge in [-0.15, -0.1) is 0 Å². The normalized spacial score (nSPS) is 15.2. The zero-order chi connectivity index (χ0) is 21.3. The van der Waals surface area contributed by atoms with Gasteiger partial charge in [0.05, 0.1) is 12.5 Å². The van der Waals surface area contributed by atoms with E-state index in [9.17, 15) is 9.59 Å². The molecule has 3 rings (SSSR count). The van der Waals surface area contributed by atoms with E-state index in [4.69, 9.17) is 0 Å². The van der Waals surface area contributed by atoms with Gasteiger partial charge in [-0.05, 0) is 42.2 Å². The Kier molecular flexibility index (Phi) is 8.25. The Labute approximate surface area is 186 Å². The highest BCUT2D eigenvalue weighted by atomic mass is 79.9. The molecule has 1 saturated heterocycles. The quantitative estimate of drug-likeness (QED) is 0.635. The summed E-state index contributed by atoms with van der Waals surface area (Å²) >= 11 is 3.41. The van der Waals surface area contributed by atoms with Crippen molar-refractivity contribution in [3.63, 3.8) is 0 Å². The lowest BCUT2D eigenvalue weighted by molar-refractivity contribution is -0.122. The van der Waals surface area contributed by atoms with Crippen LogP contribution in [-0.2, 0) is 16.1 Å². The maximum absolute atomic E-state index is 12.5. The van der Waals surface area contributed by atoms with Crippen LogP contribution >= 0.6 is 15.9 Å². The predicted octanol–water partition coefficient (Wildman–Crippen LogP) is 4.11. The topological polar surface area (TPSA) is 74.3 Å². The van der Waals surface area contributed by atoms with Gasteiger partial charge in [0.15, 0.2) is 0 Å². The summed E-state index contributed by atoms with van der Waals surface area (Å²) in [5, 5.41) is 5.80. The molecule has 0 spiro atoms. The molecule has 2 amide bonds. The van der Waals surface area contributed by atoms with Gasteiger partial charge in [-0.25, -0.2) is 4.98 Å². The number of carbonyl (C=O) groups excluding carboxylic acids is 2. The Morgan fingerprint density at radius 3 is 2.37 bits per heavy atom. The van der Waals surface area contributed by atoms with E-state index < -0.39 is 0 Å². The Bertz CT molecular complexity index is 831. The third kappa shape index (κ3) is 6.83. The van der Waals surface area contributed by atoms with Gasteiger partial charge in [0.1, 0.15) is 5.82 Å². The van der Waals surface area contributed by atoms with E-state index in [1.165, 1.54) is 32.6 Å². The van der Waals surface area contributed by atoms with Crippen molar-refractivity contribution in [1.29, 1.82) is 0 Å². The number of hydrogen-bond donors (Lipinski definition) is 2. The van der Waals surface area contributed by atoms with Gasteiger partial charge in [0, 0.05) is 37.2 Å². The Morgan fingerprint density at radius 1 is 1.07 bits per heavy atom. The van der Waals surface area contributed by atoms with Crippen molar-refractivity contribution in [2.45, 2.75) is 51.6 Å². The highest BCUT2D eigenvalue weighted by Crippen LogP contribution is 2.20. The van der Waals surface area contributed by atoms with Crippen LogP contribution in [0.3, 0.4) is 0 Å². The van der Waals surface area contributed by atoms with Crippen LogP contribution in [0.1, 0.15) is 56.2 Å². The molecule has 2 aromatic rings. The zero-order valence-electron chi connectivity index (χ0n) is 17.4. The largest absolute Gasteiger partial charge is 0.357 e. The molecule has 1 aliphatic heterocycles. The number of nitrogens with one attached hydrogen (secondary N) is 2. The van der Waals surface area contributed by atoms with Crippen LogP contribution in [0, 0.1) is 0 Å². The van der Waals surface area contributed by atoms with Crippen molar-refractivity contribution in [1.82, 2.24) is 15.6 Å². The lowest BCUT2D eigenvalue weighted by Gasteiger charge is -2.21. The van der Waals surface area contributed by atoms with Gasteiger partial charge >= 0.3 is 0 Å². The predicted molar refractivity (Wildman–Crippen MR) is 122 cm³/mol. The third-order valence-corrected chi connectivity index (χ3v) is 5.80. The standard InChI is InChI=1S/C23H29BrN4O2/c1-17(29)27-21(19-7-9-20(24)10-8-19)14-23(30)26-16-18-6-11-22(25-15-18)28-12-4-2-3-5-13-28/h6-11,15,21H,2-5,12-14,16H2,1H3,(H,26,30)(H,27,29). The fourth-order valence-electron chi connectivity index (χ4n) is 3.66. The fraction of sp³-hybridized carbons (Fsp3) is 0.435. The molecule has 0 radical (unpaired) electrons. The lowest BCUT2D eigenvalue weighted by atomic mass is 10.0. The zero-order valence-corrected chi connectivity index (χ0v) is 19.0. The first kappa shape index (κ1) is 22.3. The van der Waals surface area contributed by atoms with E-state index in [-0.39, 0.29) is 24.3 Å². The summed E-state index contributed by atoms with van der Waals surface area (Å²) in [5.41, 5.74) is 1.86. The summed E-state index contributed by atoms with van der Waals surface area (Å²) in [6.45, 7) is 3.99. The molecular formula is C23H29BrN4O2. The van der Waals surface area contributed by atoms with Gasteiger partial charge in [0.25, 0.3) is 0 Å². The fourth-order valence-corrected chi connectivity index (χ4v) is 3.92. The summed E-state index contributed by atoms with van der Waals surface area (Å²) in [5.74, 6) is 0.727. The average Bonchev–Trinajstić information content (AvgIpc) is 3.02. The molecule has 1 aromatic heterocycles. The molecule has 2 N–H and O–H groups in total. The van der Waals surface area contributed by atoms with Crippen molar-refractivity contribution in [3.05, 3.63) is 58.2 Å². The minimum Gasteiger partial charge on any atom is -0.357 e. The third-order valence-electron chi connectivity index (χ3n) is 5.27. The number of hydrogen-bond acceptors (Lipinski definition) is 4. The minimum absolute atomic E-state index is 0.117. The van der Waals surface area contributed by atoms with Crippen LogP contribution < -0.4 is 15.5 Å². The van der Waals surface area contributed by atoms with Crippen LogP contribution in [-0.4, -0.2) is 29.9 Å².